The molecule has 1 unspecified atom stereocenters. The summed E-state index contributed by atoms with van der Waals surface area (Å²) in [4.78, 5) is 0. The summed E-state index contributed by atoms with van der Waals surface area (Å²) in [6, 6.07) is 3.89. The van der Waals surface area contributed by atoms with E-state index in [0.717, 1.165) is 6.07 Å². The first-order chi connectivity index (χ1) is 9.38. The Balaban J connectivity index is 2.52. The van der Waals surface area contributed by atoms with Gasteiger partial charge in [0, 0.05) is 11.8 Å². The van der Waals surface area contributed by atoms with Crippen LogP contribution >= 0.6 is 0 Å². The minimum absolute atomic E-state index is 0.0481. The van der Waals surface area contributed by atoms with Gasteiger partial charge in [0.2, 0.25) is 0 Å². The first kappa shape index (κ1) is 17.0. The van der Waals surface area contributed by atoms with Gasteiger partial charge in [0.15, 0.2) is 11.6 Å². The Morgan fingerprint density at radius 2 is 1.95 bits per heavy atom. The van der Waals surface area contributed by atoms with E-state index in [1.165, 1.54) is 6.07 Å². The minimum Gasteiger partial charge on any atom is -0.317 e. The molecule has 20 heavy (non-hydrogen) atoms. The van der Waals surface area contributed by atoms with E-state index in [4.69, 9.17) is 0 Å². The Morgan fingerprint density at radius 1 is 1.25 bits per heavy atom. The highest BCUT2D eigenvalue weighted by Crippen LogP contribution is 2.13. The van der Waals surface area contributed by atoms with Gasteiger partial charge >= 0.3 is 0 Å². The fourth-order valence-electron chi connectivity index (χ4n) is 1.99. The van der Waals surface area contributed by atoms with Crippen molar-refractivity contribution in [1.29, 1.82) is 0 Å². The molecule has 0 amide bonds. The van der Waals surface area contributed by atoms with Crippen LogP contribution in [0, 0.1) is 11.6 Å². The molecule has 0 fully saturated rings. The van der Waals surface area contributed by atoms with Gasteiger partial charge in [-0.15, -0.1) is 0 Å². The van der Waals surface area contributed by atoms with Crippen molar-refractivity contribution in [3.63, 3.8) is 0 Å². The predicted molar refractivity (Wildman–Crippen MR) is 76.5 cm³/mol. The molecule has 1 N–H and O–H groups in total. The molecule has 0 spiro atoms. The second-order valence-corrected chi connectivity index (χ2v) is 7.29. The molecule has 0 saturated heterocycles. The van der Waals surface area contributed by atoms with Crippen LogP contribution in [0.3, 0.4) is 0 Å². The fraction of sp³-hybridized carbons (Fsp3) is 0.571. The molecular weight excluding hydrogens is 284 g/mol. The summed E-state index contributed by atoms with van der Waals surface area (Å²) >= 11 is 0. The van der Waals surface area contributed by atoms with E-state index in [2.05, 4.69) is 5.32 Å². The van der Waals surface area contributed by atoms with E-state index in [9.17, 15) is 17.2 Å². The van der Waals surface area contributed by atoms with Gasteiger partial charge < -0.3 is 5.32 Å². The lowest BCUT2D eigenvalue weighted by Crippen LogP contribution is -2.28. The zero-order chi connectivity index (χ0) is 15.2. The largest absolute Gasteiger partial charge is 0.317 e. The summed E-state index contributed by atoms with van der Waals surface area (Å²) in [6.45, 7) is 1.63. The number of hydrogen-bond donors (Lipinski definition) is 1. The summed E-state index contributed by atoms with van der Waals surface area (Å²) in [5.41, 5.74) is 0.696. The highest BCUT2D eigenvalue weighted by molar-refractivity contribution is 7.91. The normalized spacial score (nSPS) is 13.4. The molecule has 0 radical (unpaired) electrons. The average Bonchev–Trinajstić information content (AvgIpc) is 2.41. The van der Waals surface area contributed by atoms with Crippen molar-refractivity contribution in [3.05, 3.63) is 35.4 Å². The van der Waals surface area contributed by atoms with Gasteiger partial charge in [-0.1, -0.05) is 13.0 Å². The molecule has 1 atom stereocenters. The van der Waals surface area contributed by atoms with Crippen LogP contribution in [-0.4, -0.2) is 33.0 Å². The Bertz CT molecular complexity index is 532. The van der Waals surface area contributed by atoms with E-state index >= 15 is 0 Å². The molecule has 6 heteroatoms. The molecule has 0 aliphatic rings. The molecular formula is C14H21F2NO2S. The van der Waals surface area contributed by atoms with Crippen LogP contribution in [-0.2, 0) is 16.3 Å². The summed E-state index contributed by atoms with van der Waals surface area (Å²) < 4.78 is 48.7. The number of likely N-dealkylation sites (N-methyl/N-ethyl adjacent to an activating group) is 1. The highest BCUT2D eigenvalue weighted by atomic mass is 32.2. The minimum atomic E-state index is -2.95. The molecule has 0 bridgehead atoms. The zero-order valence-electron chi connectivity index (χ0n) is 11.8. The van der Waals surface area contributed by atoms with Gasteiger partial charge in [0.05, 0.1) is 5.75 Å². The zero-order valence-corrected chi connectivity index (χ0v) is 12.6. The maximum atomic E-state index is 13.1. The van der Waals surface area contributed by atoms with Crippen LogP contribution in [0.2, 0.25) is 0 Å². The number of nitrogens with one attached hydrogen (secondary N) is 1. The Morgan fingerprint density at radius 3 is 2.50 bits per heavy atom. The Hall–Kier alpha value is -1.01. The molecule has 0 aliphatic heterocycles. The summed E-state index contributed by atoms with van der Waals surface area (Å²) in [6.07, 6.45) is 1.78. The second-order valence-electron chi connectivity index (χ2n) is 4.82. The molecule has 1 aromatic carbocycles. The van der Waals surface area contributed by atoms with Crippen molar-refractivity contribution in [2.45, 2.75) is 32.2 Å². The third-order valence-corrected chi connectivity index (χ3v) is 5.11. The topological polar surface area (TPSA) is 46.2 Å². The van der Waals surface area contributed by atoms with Gasteiger partial charge in [-0.2, -0.15) is 0 Å². The number of rotatable bonds is 8. The van der Waals surface area contributed by atoms with Gasteiger partial charge in [-0.3, -0.25) is 0 Å². The fourth-order valence-corrected chi connectivity index (χ4v) is 2.89. The van der Waals surface area contributed by atoms with Crippen LogP contribution in [0.25, 0.3) is 0 Å². The van der Waals surface area contributed by atoms with Crippen LogP contribution in [0.4, 0.5) is 8.78 Å². The molecule has 114 valence electrons. The van der Waals surface area contributed by atoms with Crippen LogP contribution in [0.5, 0.6) is 0 Å². The van der Waals surface area contributed by atoms with Crippen molar-refractivity contribution in [3.8, 4) is 0 Å². The Kier molecular flexibility index (Phi) is 6.55. The van der Waals surface area contributed by atoms with Crippen molar-refractivity contribution < 1.29 is 17.2 Å². The molecule has 0 heterocycles. The first-order valence-electron chi connectivity index (χ1n) is 6.69. The quantitative estimate of drug-likeness (QED) is 0.801. The van der Waals surface area contributed by atoms with Crippen molar-refractivity contribution in [2.24, 2.45) is 0 Å². The SMILES string of the molecule is CCS(=O)(=O)CCCC(Cc1ccc(F)c(F)c1)NC. The van der Waals surface area contributed by atoms with Crippen molar-refractivity contribution in [2.75, 3.05) is 18.6 Å². The van der Waals surface area contributed by atoms with E-state index in [-0.39, 0.29) is 17.5 Å². The maximum absolute atomic E-state index is 13.1. The van der Waals surface area contributed by atoms with Gasteiger partial charge in [-0.25, -0.2) is 17.2 Å². The van der Waals surface area contributed by atoms with E-state index in [1.54, 1.807) is 20.0 Å². The molecule has 0 aromatic heterocycles. The number of benzene rings is 1. The van der Waals surface area contributed by atoms with Crippen molar-refractivity contribution >= 4 is 9.84 Å². The highest BCUT2D eigenvalue weighted by Gasteiger charge is 2.12. The number of sulfone groups is 1. The lowest BCUT2D eigenvalue weighted by atomic mass is 10.0. The smallest absolute Gasteiger partial charge is 0.159 e. The van der Waals surface area contributed by atoms with Crippen LogP contribution in [0.1, 0.15) is 25.3 Å². The van der Waals surface area contributed by atoms with Crippen LogP contribution in [0.15, 0.2) is 18.2 Å². The summed E-state index contributed by atoms with van der Waals surface area (Å²) in [5, 5.41) is 3.08. The van der Waals surface area contributed by atoms with Gasteiger partial charge in [0.1, 0.15) is 9.84 Å². The van der Waals surface area contributed by atoms with E-state index in [0.29, 0.717) is 24.8 Å². The first-order valence-corrected chi connectivity index (χ1v) is 8.51. The number of hydrogen-bond acceptors (Lipinski definition) is 3. The standard InChI is InChI=1S/C14H21F2NO2S/c1-3-20(18,19)8-4-5-12(17-2)9-11-6-7-13(15)14(16)10-11/h6-7,10,12,17H,3-5,8-9H2,1-2H3. The maximum Gasteiger partial charge on any atom is 0.159 e. The molecule has 3 nitrogen and oxygen atoms in total. The second kappa shape index (κ2) is 7.69. The summed E-state index contributed by atoms with van der Waals surface area (Å²) in [5.74, 6) is -1.39. The van der Waals surface area contributed by atoms with Crippen LogP contribution < -0.4 is 5.32 Å². The molecule has 1 rings (SSSR count). The Labute approximate surface area is 119 Å². The van der Waals surface area contributed by atoms with Gasteiger partial charge in [-0.05, 0) is 44.0 Å². The van der Waals surface area contributed by atoms with E-state index in [1.807, 2.05) is 0 Å². The molecule has 0 saturated carbocycles. The third-order valence-electron chi connectivity index (χ3n) is 3.32. The molecule has 1 aromatic rings. The lowest BCUT2D eigenvalue weighted by molar-refractivity contribution is 0.494. The average molecular weight is 305 g/mol. The number of halogens is 2. The van der Waals surface area contributed by atoms with E-state index < -0.39 is 21.5 Å². The molecule has 0 aliphatic carbocycles. The summed E-state index contributed by atoms with van der Waals surface area (Å²) in [7, 11) is -1.17. The predicted octanol–water partition coefficient (Wildman–Crippen LogP) is 2.31. The monoisotopic (exact) mass is 305 g/mol. The van der Waals surface area contributed by atoms with Crippen molar-refractivity contribution in [1.82, 2.24) is 5.32 Å². The third kappa shape index (κ3) is 5.54. The lowest BCUT2D eigenvalue weighted by Gasteiger charge is -2.16. The van der Waals surface area contributed by atoms with Gasteiger partial charge in [0.25, 0.3) is 0 Å².